The number of fused-ring (bicyclic) bond motifs is 1. The third-order valence-electron chi connectivity index (χ3n) is 4.78. The second-order valence-corrected chi connectivity index (χ2v) is 6.81. The summed E-state index contributed by atoms with van der Waals surface area (Å²) in [6.45, 7) is 7.29. The fourth-order valence-corrected chi connectivity index (χ4v) is 3.33. The lowest BCUT2D eigenvalue weighted by molar-refractivity contribution is 0.0525. The number of carbonyl (C=O) groups excluding carboxylic acids is 2. The summed E-state index contributed by atoms with van der Waals surface area (Å²) >= 11 is 0. The van der Waals surface area contributed by atoms with E-state index in [2.05, 4.69) is 20.6 Å². The van der Waals surface area contributed by atoms with Crippen LogP contribution in [0.25, 0.3) is 10.8 Å². The lowest BCUT2D eigenvalue weighted by Gasteiger charge is -2.07. The number of hydrogen-bond acceptors (Lipinski definition) is 6. The van der Waals surface area contributed by atoms with Crippen molar-refractivity contribution in [1.29, 1.82) is 0 Å². The number of aromatic amines is 1. The minimum atomic E-state index is -0.548. The van der Waals surface area contributed by atoms with Crippen molar-refractivity contribution in [2.75, 3.05) is 6.61 Å². The molecule has 1 amide bonds. The summed E-state index contributed by atoms with van der Waals surface area (Å²) in [6, 6.07) is 6.77. The Hall–Kier alpha value is -3.75. The zero-order chi connectivity index (χ0) is 22.0. The van der Waals surface area contributed by atoms with E-state index in [0.717, 1.165) is 4.68 Å². The number of benzene rings is 1. The number of carbonyl (C=O) groups is 2. The third-order valence-corrected chi connectivity index (χ3v) is 4.78. The maximum absolute atomic E-state index is 12.7. The Morgan fingerprint density at radius 1 is 1.23 bits per heavy atom. The molecule has 0 spiro atoms. The highest BCUT2D eigenvalue weighted by Crippen LogP contribution is 2.20. The van der Waals surface area contributed by atoms with Crippen LogP contribution in [0.15, 0.2) is 34.2 Å². The van der Waals surface area contributed by atoms with E-state index < -0.39 is 11.9 Å². The molecular formula is C21H23N5O4. The molecule has 156 valence electrons. The highest BCUT2D eigenvalue weighted by molar-refractivity contribution is 6.06. The van der Waals surface area contributed by atoms with Crippen molar-refractivity contribution in [2.45, 2.75) is 27.7 Å². The van der Waals surface area contributed by atoms with Crippen molar-refractivity contribution >= 4 is 28.4 Å². The van der Waals surface area contributed by atoms with Gasteiger partial charge in [0.2, 0.25) is 0 Å². The molecule has 2 N–H and O–H groups in total. The normalized spacial score (nSPS) is 11.6. The van der Waals surface area contributed by atoms with Crippen LogP contribution in [0.5, 0.6) is 0 Å². The first-order chi connectivity index (χ1) is 14.3. The molecule has 0 atom stereocenters. The van der Waals surface area contributed by atoms with E-state index in [0.29, 0.717) is 39.0 Å². The second-order valence-electron chi connectivity index (χ2n) is 6.81. The van der Waals surface area contributed by atoms with Gasteiger partial charge in [0.1, 0.15) is 0 Å². The van der Waals surface area contributed by atoms with E-state index in [1.54, 1.807) is 52.0 Å². The van der Waals surface area contributed by atoms with Crippen molar-refractivity contribution < 1.29 is 14.3 Å². The van der Waals surface area contributed by atoms with E-state index in [4.69, 9.17) is 4.74 Å². The average molecular weight is 409 g/mol. The van der Waals surface area contributed by atoms with Crippen LogP contribution in [0.4, 0.5) is 0 Å². The van der Waals surface area contributed by atoms with Crippen molar-refractivity contribution in [3.05, 3.63) is 62.8 Å². The first kappa shape index (κ1) is 21.0. The summed E-state index contributed by atoms with van der Waals surface area (Å²) in [5, 5.41) is 9.09. The topological polar surface area (TPSA) is 118 Å². The van der Waals surface area contributed by atoms with Crippen molar-refractivity contribution in [2.24, 2.45) is 12.1 Å². The molecule has 3 aromatic rings. The molecule has 9 nitrogen and oxygen atoms in total. The quantitative estimate of drug-likeness (QED) is 0.380. The van der Waals surface area contributed by atoms with Crippen molar-refractivity contribution in [3.8, 4) is 0 Å². The first-order valence-corrected chi connectivity index (χ1v) is 9.43. The zero-order valence-corrected chi connectivity index (χ0v) is 17.5. The molecule has 2 aromatic heterocycles. The highest BCUT2D eigenvalue weighted by Gasteiger charge is 2.21. The molecule has 0 radical (unpaired) electrons. The number of nitrogens with zero attached hydrogens (tertiary/aromatic N) is 3. The van der Waals surface area contributed by atoms with Crippen LogP contribution in [-0.4, -0.2) is 39.0 Å². The van der Waals surface area contributed by atoms with Crippen LogP contribution in [-0.2, 0) is 11.8 Å². The summed E-state index contributed by atoms with van der Waals surface area (Å²) in [5.41, 5.74) is 5.19. The number of esters is 1. The Bertz CT molecular complexity index is 1240. The number of rotatable bonds is 5. The number of aromatic nitrogens is 3. The first-order valence-electron chi connectivity index (χ1n) is 9.43. The summed E-state index contributed by atoms with van der Waals surface area (Å²) in [7, 11) is 1.49. The van der Waals surface area contributed by atoms with Crippen LogP contribution in [0.1, 0.15) is 51.6 Å². The number of hydrazone groups is 1. The van der Waals surface area contributed by atoms with Crippen LogP contribution in [0, 0.1) is 13.8 Å². The van der Waals surface area contributed by atoms with Crippen LogP contribution in [0.2, 0.25) is 0 Å². The smallest absolute Gasteiger partial charge is 0.340 e. The van der Waals surface area contributed by atoms with Crippen molar-refractivity contribution in [1.82, 2.24) is 20.2 Å². The molecule has 30 heavy (non-hydrogen) atoms. The molecular weight excluding hydrogens is 386 g/mol. The lowest BCUT2D eigenvalue weighted by atomic mass is 10.1. The Kier molecular flexibility index (Phi) is 5.81. The number of nitrogens with one attached hydrogen (secondary N) is 2. The van der Waals surface area contributed by atoms with Gasteiger partial charge in [-0.2, -0.15) is 10.2 Å². The molecule has 9 heteroatoms. The van der Waals surface area contributed by atoms with E-state index in [1.165, 1.54) is 7.05 Å². The van der Waals surface area contributed by atoms with Gasteiger partial charge in [-0.05, 0) is 39.3 Å². The summed E-state index contributed by atoms with van der Waals surface area (Å²) in [5.74, 6) is -0.958. The molecule has 3 rings (SSSR count). The lowest BCUT2D eigenvalue weighted by Crippen LogP contribution is -2.27. The summed E-state index contributed by atoms with van der Waals surface area (Å²) in [6.07, 6.45) is 0. The Balaban J connectivity index is 1.92. The zero-order valence-electron chi connectivity index (χ0n) is 17.5. The molecule has 0 aliphatic heterocycles. The van der Waals surface area contributed by atoms with E-state index in [-0.39, 0.29) is 17.9 Å². The maximum atomic E-state index is 12.7. The number of aryl methyl sites for hydroxylation is 2. The van der Waals surface area contributed by atoms with Gasteiger partial charge in [-0.15, -0.1) is 0 Å². The van der Waals surface area contributed by atoms with Gasteiger partial charge in [0.15, 0.2) is 5.69 Å². The summed E-state index contributed by atoms with van der Waals surface area (Å²) in [4.78, 5) is 40.2. The van der Waals surface area contributed by atoms with Gasteiger partial charge in [-0.1, -0.05) is 18.2 Å². The Morgan fingerprint density at radius 2 is 1.90 bits per heavy atom. The second kappa shape index (κ2) is 8.32. The molecule has 0 aliphatic carbocycles. The Labute approximate surface area is 172 Å². The van der Waals surface area contributed by atoms with Crippen LogP contribution in [0.3, 0.4) is 0 Å². The van der Waals surface area contributed by atoms with Gasteiger partial charge in [0.25, 0.3) is 11.5 Å². The van der Waals surface area contributed by atoms with Gasteiger partial charge >= 0.3 is 5.97 Å². The molecule has 0 bridgehead atoms. The average Bonchev–Trinajstić information content (AvgIpc) is 3.03. The standard InChI is InChI=1S/C21H23N5O4/c1-6-30-21(29)16-11(2)17(22-12(16)3)13(4)23-24-19(27)18-14-9-7-8-10-15(14)20(28)26(5)25-18/h7-10,22H,6H2,1-5H3,(H,24,27)/b23-13+. The fraction of sp³-hybridized carbons (Fsp3) is 0.286. The molecule has 0 aliphatic rings. The molecule has 2 heterocycles. The minimum absolute atomic E-state index is 0.0934. The summed E-state index contributed by atoms with van der Waals surface area (Å²) < 4.78 is 6.22. The highest BCUT2D eigenvalue weighted by atomic mass is 16.5. The SMILES string of the molecule is CCOC(=O)c1c(C)[nH]c(/C(C)=N/NC(=O)c2nn(C)c(=O)c3ccccc23)c1C. The monoisotopic (exact) mass is 409 g/mol. The van der Waals surface area contributed by atoms with Gasteiger partial charge in [0.05, 0.1) is 29.0 Å². The van der Waals surface area contributed by atoms with Crippen molar-refractivity contribution in [3.63, 3.8) is 0 Å². The minimum Gasteiger partial charge on any atom is -0.462 e. The largest absolute Gasteiger partial charge is 0.462 e. The van der Waals surface area contributed by atoms with Gasteiger partial charge in [-0.3, -0.25) is 9.59 Å². The molecule has 1 aromatic carbocycles. The van der Waals surface area contributed by atoms with Crippen LogP contribution < -0.4 is 11.0 Å². The Morgan fingerprint density at radius 3 is 2.57 bits per heavy atom. The predicted octanol–water partition coefficient (Wildman–Crippen LogP) is 2.21. The molecule has 0 saturated carbocycles. The van der Waals surface area contributed by atoms with Gasteiger partial charge < -0.3 is 9.72 Å². The number of H-pyrrole nitrogens is 1. The number of hydrogen-bond donors (Lipinski definition) is 2. The molecule has 0 unspecified atom stereocenters. The van der Waals surface area contributed by atoms with Gasteiger partial charge in [-0.25, -0.2) is 14.9 Å². The third kappa shape index (κ3) is 3.73. The number of amides is 1. The maximum Gasteiger partial charge on any atom is 0.340 e. The predicted molar refractivity (Wildman–Crippen MR) is 113 cm³/mol. The molecule has 0 fully saturated rings. The van der Waals surface area contributed by atoms with E-state index >= 15 is 0 Å². The van der Waals surface area contributed by atoms with E-state index in [9.17, 15) is 14.4 Å². The fourth-order valence-electron chi connectivity index (χ4n) is 3.33. The number of ether oxygens (including phenoxy) is 1. The van der Waals surface area contributed by atoms with Gasteiger partial charge in [0, 0.05) is 18.1 Å². The van der Waals surface area contributed by atoms with E-state index in [1.807, 2.05) is 0 Å². The van der Waals surface area contributed by atoms with Crippen LogP contribution >= 0.6 is 0 Å². The molecule has 0 saturated heterocycles.